The van der Waals surface area contributed by atoms with Gasteiger partial charge in [0.05, 0.1) is 16.8 Å². The van der Waals surface area contributed by atoms with Gasteiger partial charge in [-0.2, -0.15) is 13.2 Å². The maximum atomic E-state index is 13.1. The predicted molar refractivity (Wildman–Crippen MR) is 132 cm³/mol. The number of rotatable bonds is 6. The zero-order valence-corrected chi connectivity index (χ0v) is 20.4. The summed E-state index contributed by atoms with van der Waals surface area (Å²) in [4.78, 5) is 38.7. The Morgan fingerprint density at radius 1 is 0.946 bits per heavy atom. The second-order valence-corrected chi connectivity index (χ2v) is 8.85. The Balaban J connectivity index is 1.50. The third-order valence-corrected chi connectivity index (χ3v) is 5.94. The van der Waals surface area contributed by atoms with Gasteiger partial charge in [-0.25, -0.2) is 9.69 Å². The first-order valence-electron chi connectivity index (χ1n) is 11.1. The maximum absolute atomic E-state index is 13.1. The van der Waals surface area contributed by atoms with Crippen molar-refractivity contribution in [2.45, 2.75) is 25.9 Å². The molecule has 0 atom stereocenters. The van der Waals surface area contributed by atoms with Crippen molar-refractivity contribution in [3.63, 3.8) is 0 Å². The molecule has 0 bridgehead atoms. The quantitative estimate of drug-likeness (QED) is 0.225. The van der Waals surface area contributed by atoms with Crippen molar-refractivity contribution in [3.8, 4) is 5.75 Å². The molecule has 0 saturated carbocycles. The van der Waals surface area contributed by atoms with Crippen LogP contribution in [0.1, 0.15) is 41.3 Å². The van der Waals surface area contributed by atoms with E-state index in [4.69, 9.17) is 16.3 Å². The summed E-state index contributed by atoms with van der Waals surface area (Å²) < 4.78 is 44.8. The van der Waals surface area contributed by atoms with Gasteiger partial charge in [0.15, 0.2) is 0 Å². The van der Waals surface area contributed by atoms with Crippen LogP contribution in [0, 0.1) is 0 Å². The molecule has 1 heterocycles. The van der Waals surface area contributed by atoms with E-state index in [1.807, 2.05) is 26.0 Å². The van der Waals surface area contributed by atoms with Crippen LogP contribution >= 0.6 is 11.6 Å². The molecule has 4 rings (SSSR count). The Morgan fingerprint density at radius 3 is 2.27 bits per heavy atom. The lowest BCUT2D eigenvalue weighted by Crippen LogP contribution is -2.32. The average molecular weight is 529 g/mol. The summed E-state index contributed by atoms with van der Waals surface area (Å²) in [6.07, 6.45) is -4.65. The fourth-order valence-corrected chi connectivity index (χ4v) is 3.92. The van der Waals surface area contributed by atoms with E-state index in [9.17, 15) is 27.6 Å². The Bertz CT molecular complexity index is 1420. The van der Waals surface area contributed by atoms with Crippen molar-refractivity contribution in [1.82, 2.24) is 0 Å². The third-order valence-electron chi connectivity index (χ3n) is 5.59. The molecule has 1 aliphatic heterocycles. The van der Waals surface area contributed by atoms with E-state index in [2.05, 4.69) is 5.32 Å². The summed E-state index contributed by atoms with van der Waals surface area (Å²) in [5.74, 6) is -1.86. The van der Waals surface area contributed by atoms with Crippen molar-refractivity contribution < 1.29 is 32.3 Å². The molecule has 1 aliphatic rings. The Labute approximate surface area is 215 Å². The fraction of sp³-hybridized carbons (Fsp3) is 0.148. The molecule has 6 nitrogen and oxygen atoms in total. The number of imide groups is 1. The highest BCUT2D eigenvalue weighted by Gasteiger charge is 2.40. The van der Waals surface area contributed by atoms with Crippen LogP contribution in [0.2, 0.25) is 0 Å². The molecule has 0 aliphatic carbocycles. The van der Waals surface area contributed by atoms with Crippen molar-refractivity contribution >= 4 is 40.8 Å². The fourth-order valence-electron chi connectivity index (χ4n) is 3.71. The lowest BCUT2D eigenvalue weighted by Gasteiger charge is -2.17. The number of benzene rings is 3. The lowest BCUT2D eigenvalue weighted by atomic mass is 10.0. The molecular weight excluding hydrogens is 509 g/mol. The molecule has 0 unspecified atom stereocenters. The van der Waals surface area contributed by atoms with Crippen molar-refractivity contribution in [3.05, 3.63) is 100 Å². The minimum absolute atomic E-state index is 0.149. The van der Waals surface area contributed by atoms with Crippen LogP contribution in [0.5, 0.6) is 5.75 Å². The highest BCUT2D eigenvalue weighted by atomic mass is 35.5. The molecule has 2 amide bonds. The molecule has 3 aromatic rings. The second-order valence-electron chi connectivity index (χ2n) is 8.47. The molecule has 3 aromatic carbocycles. The monoisotopic (exact) mass is 528 g/mol. The summed E-state index contributed by atoms with van der Waals surface area (Å²) in [7, 11) is 0. The van der Waals surface area contributed by atoms with Gasteiger partial charge in [-0.05, 0) is 60.0 Å². The molecule has 0 spiro atoms. The van der Waals surface area contributed by atoms with Gasteiger partial charge in [0.1, 0.15) is 16.5 Å². The van der Waals surface area contributed by atoms with Crippen LogP contribution in [0.3, 0.4) is 0 Å². The Morgan fingerprint density at radius 2 is 1.62 bits per heavy atom. The summed E-state index contributed by atoms with van der Waals surface area (Å²) in [5, 5.41) is 2.24. The van der Waals surface area contributed by atoms with Gasteiger partial charge in [0.25, 0.3) is 11.8 Å². The van der Waals surface area contributed by atoms with E-state index in [0.717, 1.165) is 17.7 Å². The highest BCUT2D eigenvalue weighted by Crippen LogP contribution is 2.35. The highest BCUT2D eigenvalue weighted by molar-refractivity contribution is 6.53. The maximum Gasteiger partial charge on any atom is 0.416 e. The van der Waals surface area contributed by atoms with E-state index in [0.29, 0.717) is 22.4 Å². The van der Waals surface area contributed by atoms with Crippen LogP contribution in [-0.4, -0.2) is 17.8 Å². The normalized spacial score (nSPS) is 14.0. The number of halogens is 4. The summed E-state index contributed by atoms with van der Waals surface area (Å²) >= 11 is 6.07. The molecule has 0 fully saturated rings. The number of alkyl halides is 3. The van der Waals surface area contributed by atoms with Crippen LogP contribution < -0.4 is 15.0 Å². The average Bonchev–Trinajstić information content (AvgIpc) is 3.07. The van der Waals surface area contributed by atoms with Gasteiger partial charge in [-0.1, -0.05) is 49.7 Å². The number of hydrogen-bond donors (Lipinski definition) is 1. The Hall–Kier alpha value is -4.11. The molecule has 0 radical (unpaired) electrons. The Kier molecular flexibility index (Phi) is 7.09. The number of ether oxygens (including phenoxy) is 1. The number of esters is 1. The number of nitrogens with one attached hydrogen (secondary N) is 1. The first-order chi connectivity index (χ1) is 17.5. The standard InChI is InChI=1S/C27H20ClF3N2O4/c1-15(2)20-8-3-4-9-21(20)37-26(36)16-10-12-18(13-11-16)32-23-22(28)24(34)33(25(23)35)19-7-5-6-17(14-19)27(29,30)31/h3-15,32H,1-2H3. The second kappa shape index (κ2) is 10.1. The van der Waals surface area contributed by atoms with Crippen molar-refractivity contribution in [2.24, 2.45) is 0 Å². The SMILES string of the molecule is CC(C)c1ccccc1OC(=O)c1ccc(NC2=C(Cl)C(=O)N(c3cccc(C(F)(F)F)c3)C2=O)cc1. The topological polar surface area (TPSA) is 75.7 Å². The molecule has 1 N–H and O–H groups in total. The summed E-state index contributed by atoms with van der Waals surface area (Å²) in [5.41, 5.74) is -0.139. The third kappa shape index (κ3) is 5.36. The summed E-state index contributed by atoms with van der Waals surface area (Å²) in [6.45, 7) is 3.96. The van der Waals surface area contributed by atoms with E-state index in [1.54, 1.807) is 12.1 Å². The molecular formula is C27H20ClF3N2O4. The van der Waals surface area contributed by atoms with E-state index >= 15 is 0 Å². The molecule has 10 heteroatoms. The van der Waals surface area contributed by atoms with E-state index in [1.165, 1.54) is 30.3 Å². The summed E-state index contributed by atoms with van der Waals surface area (Å²) in [6, 6.07) is 16.9. The molecule has 37 heavy (non-hydrogen) atoms. The molecule has 0 saturated heterocycles. The smallest absolute Gasteiger partial charge is 0.416 e. The minimum atomic E-state index is -4.65. The molecule has 190 valence electrons. The van der Waals surface area contributed by atoms with Gasteiger partial charge in [0, 0.05) is 5.69 Å². The number of hydrogen-bond acceptors (Lipinski definition) is 5. The zero-order valence-electron chi connectivity index (χ0n) is 19.6. The van der Waals surface area contributed by atoms with Crippen molar-refractivity contribution in [2.75, 3.05) is 10.2 Å². The largest absolute Gasteiger partial charge is 0.423 e. The number of amides is 2. The first kappa shape index (κ1) is 26.0. The number of nitrogens with zero attached hydrogens (tertiary/aromatic N) is 1. The predicted octanol–water partition coefficient (Wildman–Crippen LogP) is 6.48. The number of carbonyl (C=O) groups is 3. The number of para-hydroxylation sites is 1. The number of carbonyl (C=O) groups excluding carboxylic acids is 3. The molecule has 0 aromatic heterocycles. The zero-order chi connectivity index (χ0) is 26.9. The van der Waals surface area contributed by atoms with Gasteiger partial charge < -0.3 is 10.1 Å². The van der Waals surface area contributed by atoms with Gasteiger partial charge in [0.2, 0.25) is 0 Å². The van der Waals surface area contributed by atoms with E-state index < -0.39 is 34.6 Å². The van der Waals surface area contributed by atoms with Gasteiger partial charge in [-0.15, -0.1) is 0 Å². The van der Waals surface area contributed by atoms with Gasteiger partial charge >= 0.3 is 12.1 Å². The van der Waals surface area contributed by atoms with E-state index in [-0.39, 0.29) is 22.9 Å². The van der Waals surface area contributed by atoms with Crippen LogP contribution in [0.15, 0.2) is 83.5 Å². The van der Waals surface area contributed by atoms with Gasteiger partial charge in [-0.3, -0.25) is 9.59 Å². The lowest BCUT2D eigenvalue weighted by molar-refractivity contribution is -0.137. The van der Waals surface area contributed by atoms with Crippen LogP contribution in [-0.2, 0) is 15.8 Å². The minimum Gasteiger partial charge on any atom is -0.423 e. The van der Waals surface area contributed by atoms with Crippen LogP contribution in [0.4, 0.5) is 24.5 Å². The first-order valence-corrected chi connectivity index (χ1v) is 11.5. The van der Waals surface area contributed by atoms with Crippen LogP contribution in [0.25, 0.3) is 0 Å². The number of anilines is 2. The van der Waals surface area contributed by atoms with Crippen molar-refractivity contribution in [1.29, 1.82) is 0 Å².